The number of hydrogen-bond acceptors (Lipinski definition) is 4. The second-order valence-electron chi connectivity index (χ2n) is 18.4. The van der Waals surface area contributed by atoms with E-state index in [4.69, 9.17) is 9.47 Å². The lowest BCUT2D eigenvalue weighted by Crippen LogP contribution is -2.74. The van der Waals surface area contributed by atoms with E-state index in [0.29, 0.717) is 24.4 Å². The standard InChI is InChI=1S/C41H71NO4/c1-11-13-14-20-37(8,42-25-12-2)27-46-35-40-21-15-19-36(7,26-45-35)41(40,30(6)28(3)4)24-18-31-32(40)17-23-39(10)33(34(43)44)29(5)16-22-38(31,39)9/h17,28-31,33,35,42H,11-16,18-27H2,1-10H3,(H,43,44)/t29?,30-,31?,33?,35?,36?,37?,38?,39?,40?,41?/m1/s1. The van der Waals surface area contributed by atoms with Crippen LogP contribution in [0.25, 0.3) is 0 Å². The third-order valence-electron chi connectivity index (χ3n) is 15.8. The molecule has 0 amide bonds. The average molecular weight is 642 g/mol. The number of ether oxygens (including phenoxy) is 2. The molecule has 0 spiro atoms. The summed E-state index contributed by atoms with van der Waals surface area (Å²) in [6.07, 6.45) is 17.1. The Morgan fingerprint density at radius 1 is 1.07 bits per heavy atom. The van der Waals surface area contributed by atoms with Gasteiger partial charge in [0.25, 0.3) is 0 Å². The smallest absolute Gasteiger partial charge is 0.307 e. The molecule has 0 aromatic heterocycles. The Morgan fingerprint density at radius 2 is 1.80 bits per heavy atom. The first-order chi connectivity index (χ1) is 21.6. The van der Waals surface area contributed by atoms with Gasteiger partial charge in [0.15, 0.2) is 6.29 Å². The molecule has 2 bridgehead atoms. The minimum Gasteiger partial charge on any atom is -0.481 e. The fourth-order valence-corrected chi connectivity index (χ4v) is 12.9. The molecule has 3 saturated carbocycles. The molecule has 264 valence electrons. The Hall–Kier alpha value is -0.910. The molecule has 2 N–H and O–H groups in total. The molecular formula is C41H71NO4. The number of carbonyl (C=O) groups is 1. The summed E-state index contributed by atoms with van der Waals surface area (Å²) in [7, 11) is 0. The summed E-state index contributed by atoms with van der Waals surface area (Å²) in [6, 6.07) is 0. The van der Waals surface area contributed by atoms with Crippen molar-refractivity contribution in [3.63, 3.8) is 0 Å². The van der Waals surface area contributed by atoms with Crippen LogP contribution < -0.4 is 5.32 Å². The maximum Gasteiger partial charge on any atom is 0.307 e. The monoisotopic (exact) mass is 642 g/mol. The van der Waals surface area contributed by atoms with E-state index in [0.717, 1.165) is 58.1 Å². The zero-order chi connectivity index (χ0) is 33.8. The number of rotatable bonds is 13. The third kappa shape index (κ3) is 5.21. The van der Waals surface area contributed by atoms with Gasteiger partial charge in [0.2, 0.25) is 0 Å². The van der Waals surface area contributed by atoms with E-state index in [-0.39, 0.29) is 50.7 Å². The molecule has 4 fully saturated rings. The van der Waals surface area contributed by atoms with Gasteiger partial charge in [-0.05, 0) is 117 Å². The minimum absolute atomic E-state index is 0.0537. The highest BCUT2D eigenvalue weighted by Gasteiger charge is 2.76. The van der Waals surface area contributed by atoms with Gasteiger partial charge in [0.1, 0.15) is 0 Å². The zero-order valence-electron chi connectivity index (χ0n) is 31.5. The van der Waals surface area contributed by atoms with Crippen LogP contribution in [-0.4, -0.2) is 42.7 Å². The van der Waals surface area contributed by atoms with Crippen molar-refractivity contribution >= 4 is 5.97 Å². The summed E-state index contributed by atoms with van der Waals surface area (Å²) in [5, 5.41) is 14.5. The van der Waals surface area contributed by atoms with E-state index in [1.165, 1.54) is 38.5 Å². The summed E-state index contributed by atoms with van der Waals surface area (Å²) in [5.41, 5.74) is 1.21. The van der Waals surface area contributed by atoms with Crippen molar-refractivity contribution in [3.05, 3.63) is 11.6 Å². The first-order valence-corrected chi connectivity index (χ1v) is 19.5. The number of hydrogen-bond donors (Lipinski definition) is 2. The van der Waals surface area contributed by atoms with Gasteiger partial charge in [0, 0.05) is 11.0 Å². The van der Waals surface area contributed by atoms with Crippen LogP contribution in [0.4, 0.5) is 0 Å². The quantitative estimate of drug-likeness (QED) is 0.155. The number of carboxylic acids is 1. The van der Waals surface area contributed by atoms with Crippen molar-refractivity contribution in [1.29, 1.82) is 0 Å². The van der Waals surface area contributed by atoms with E-state index in [1.54, 1.807) is 5.57 Å². The molecule has 0 radical (unpaired) electrons. The first kappa shape index (κ1) is 36.4. The lowest BCUT2D eigenvalue weighted by molar-refractivity contribution is -0.355. The third-order valence-corrected chi connectivity index (χ3v) is 15.8. The Balaban J connectivity index is 1.64. The Labute approximate surface area is 282 Å². The largest absolute Gasteiger partial charge is 0.481 e. The highest BCUT2D eigenvalue weighted by atomic mass is 16.7. The van der Waals surface area contributed by atoms with Gasteiger partial charge in [-0.25, -0.2) is 0 Å². The molecule has 0 aromatic rings. The number of carboxylic acid groups (broad SMARTS) is 1. The molecule has 10 unspecified atom stereocenters. The second kappa shape index (κ2) is 13.1. The molecule has 1 aliphatic heterocycles. The lowest BCUT2D eigenvalue weighted by atomic mass is 9.30. The average Bonchev–Trinajstić information content (AvgIpc) is 2.99. The van der Waals surface area contributed by atoms with Crippen LogP contribution in [0.2, 0.25) is 0 Å². The van der Waals surface area contributed by atoms with Gasteiger partial charge in [-0.15, -0.1) is 0 Å². The van der Waals surface area contributed by atoms with E-state index >= 15 is 0 Å². The van der Waals surface area contributed by atoms with Crippen molar-refractivity contribution in [2.75, 3.05) is 19.8 Å². The molecule has 0 aromatic carbocycles. The number of fused-ring (bicyclic) bond motifs is 3. The van der Waals surface area contributed by atoms with Crippen LogP contribution in [0.3, 0.4) is 0 Å². The highest BCUT2D eigenvalue weighted by molar-refractivity contribution is 5.72. The molecule has 5 nitrogen and oxygen atoms in total. The van der Waals surface area contributed by atoms with Gasteiger partial charge in [-0.1, -0.05) is 99.6 Å². The van der Waals surface area contributed by atoms with Gasteiger partial charge in [-0.3, -0.25) is 4.79 Å². The number of aliphatic carboxylic acids is 1. The van der Waals surface area contributed by atoms with Gasteiger partial charge in [-0.2, -0.15) is 0 Å². The number of nitrogens with one attached hydrogen (secondary N) is 1. The van der Waals surface area contributed by atoms with Crippen molar-refractivity contribution in [2.24, 2.45) is 56.7 Å². The zero-order valence-corrected chi connectivity index (χ0v) is 31.5. The normalized spacial score (nSPS) is 43.9. The summed E-state index contributed by atoms with van der Waals surface area (Å²) in [6.45, 7) is 26.4. The SMILES string of the molecule is CCCCCC(C)(COC1OCC2(C)CCCC13C1=CCC4(C)C(C(=O)O)C(C)CCC4(C)C1CCC23[C@H](C)C(C)C)NCCC. The van der Waals surface area contributed by atoms with E-state index < -0.39 is 5.97 Å². The van der Waals surface area contributed by atoms with Crippen LogP contribution in [0.15, 0.2) is 11.6 Å². The summed E-state index contributed by atoms with van der Waals surface area (Å²) in [4.78, 5) is 12.9. The lowest BCUT2D eigenvalue weighted by Gasteiger charge is -2.76. The van der Waals surface area contributed by atoms with E-state index in [1.807, 2.05) is 0 Å². The molecule has 1 heterocycles. The van der Waals surface area contributed by atoms with Crippen molar-refractivity contribution < 1.29 is 19.4 Å². The number of allylic oxidation sites excluding steroid dienone is 1. The maximum absolute atomic E-state index is 12.9. The predicted octanol–water partition coefficient (Wildman–Crippen LogP) is 10.0. The summed E-state index contributed by atoms with van der Waals surface area (Å²) < 4.78 is 14.4. The van der Waals surface area contributed by atoms with Crippen molar-refractivity contribution in [1.82, 2.24) is 5.32 Å². The maximum atomic E-state index is 12.9. The summed E-state index contributed by atoms with van der Waals surface area (Å²) in [5.74, 6) is 0.780. The fraction of sp³-hybridized carbons (Fsp3) is 0.927. The molecule has 5 rings (SSSR count). The Bertz CT molecular complexity index is 1140. The fourth-order valence-electron chi connectivity index (χ4n) is 12.9. The Morgan fingerprint density at radius 3 is 2.46 bits per heavy atom. The van der Waals surface area contributed by atoms with Crippen molar-refractivity contribution in [3.8, 4) is 0 Å². The minimum atomic E-state index is -0.594. The van der Waals surface area contributed by atoms with Gasteiger partial charge < -0.3 is 19.9 Å². The van der Waals surface area contributed by atoms with Crippen LogP contribution in [0.1, 0.15) is 153 Å². The van der Waals surface area contributed by atoms with Crippen LogP contribution in [-0.2, 0) is 14.3 Å². The first-order valence-electron chi connectivity index (χ1n) is 19.5. The molecule has 46 heavy (non-hydrogen) atoms. The molecular weight excluding hydrogens is 570 g/mol. The molecule has 4 aliphatic carbocycles. The van der Waals surface area contributed by atoms with E-state index in [9.17, 15) is 9.90 Å². The van der Waals surface area contributed by atoms with Crippen LogP contribution in [0, 0.1) is 56.7 Å². The summed E-state index contributed by atoms with van der Waals surface area (Å²) >= 11 is 0. The predicted molar refractivity (Wildman–Crippen MR) is 189 cm³/mol. The molecule has 5 heteroatoms. The van der Waals surface area contributed by atoms with Crippen molar-refractivity contribution in [2.45, 2.75) is 165 Å². The molecule has 5 aliphatic rings. The topological polar surface area (TPSA) is 67.8 Å². The molecule has 11 atom stereocenters. The Kier molecular flexibility index (Phi) is 10.3. The highest BCUT2D eigenvalue weighted by Crippen LogP contribution is 2.80. The van der Waals surface area contributed by atoms with E-state index in [2.05, 4.69) is 80.6 Å². The van der Waals surface area contributed by atoms with Gasteiger partial charge >= 0.3 is 5.97 Å². The van der Waals surface area contributed by atoms with Crippen LogP contribution in [0.5, 0.6) is 0 Å². The van der Waals surface area contributed by atoms with Crippen LogP contribution >= 0.6 is 0 Å². The number of unbranched alkanes of at least 4 members (excludes halogenated alkanes) is 2. The second-order valence-corrected chi connectivity index (χ2v) is 18.4. The van der Waals surface area contributed by atoms with Gasteiger partial charge in [0.05, 0.1) is 19.1 Å². The molecule has 1 saturated heterocycles.